The number of thioether (sulfide) groups is 1. The van der Waals surface area contributed by atoms with Crippen LogP contribution in [-0.2, 0) is 18.9 Å². The largest absolute Gasteiger partial charge is 0.484 e. The van der Waals surface area contributed by atoms with E-state index in [1.54, 1.807) is 30.0 Å². The fraction of sp³-hybridized carbons (Fsp3) is 0.222. The normalized spacial score (nSPS) is 10.9. The maximum Gasteiger partial charge on any atom is 0.191 e. The van der Waals surface area contributed by atoms with E-state index in [9.17, 15) is 0 Å². The predicted octanol–water partition coefficient (Wildman–Crippen LogP) is 6.13. The molecule has 0 aliphatic carbocycles. The van der Waals surface area contributed by atoms with Crippen LogP contribution in [0.3, 0.4) is 0 Å². The first-order valence-electron chi connectivity index (χ1n) is 7.94. The van der Waals surface area contributed by atoms with E-state index in [1.165, 1.54) is 5.56 Å². The molecule has 136 valence electrons. The Kier molecular flexibility index (Phi) is 6.70. The summed E-state index contributed by atoms with van der Waals surface area (Å²) in [6.45, 7) is 3.06. The Balaban J connectivity index is 1.67. The number of benzene rings is 2. The lowest BCUT2D eigenvalue weighted by molar-refractivity contribution is 0.288. The van der Waals surface area contributed by atoms with Crippen molar-refractivity contribution in [3.63, 3.8) is 0 Å². The number of rotatable bonds is 7. The Morgan fingerprint density at radius 1 is 1.00 bits per heavy atom. The zero-order chi connectivity index (χ0) is 18.5. The summed E-state index contributed by atoms with van der Waals surface area (Å²) >= 11 is 19.7. The summed E-state index contributed by atoms with van der Waals surface area (Å²) in [5.41, 5.74) is 1.17. The smallest absolute Gasteiger partial charge is 0.191 e. The van der Waals surface area contributed by atoms with Gasteiger partial charge < -0.3 is 9.30 Å². The van der Waals surface area contributed by atoms with Crippen LogP contribution in [0.5, 0.6) is 5.75 Å². The molecule has 0 unspecified atom stereocenters. The molecule has 0 aliphatic rings. The molecule has 1 aromatic heterocycles. The van der Waals surface area contributed by atoms with Crippen LogP contribution in [-0.4, -0.2) is 14.8 Å². The standard InChI is InChI=1S/C18H16Cl3N3OS/c1-2-24-17(10-25-16-9-14(20)7-8-15(16)21)22-23-18(24)26-11-12-3-5-13(19)6-4-12/h3-9H,2,10-11H2,1H3. The molecule has 0 saturated carbocycles. The maximum absolute atomic E-state index is 6.13. The molecule has 26 heavy (non-hydrogen) atoms. The van der Waals surface area contributed by atoms with Crippen molar-refractivity contribution in [2.45, 2.75) is 31.0 Å². The van der Waals surface area contributed by atoms with E-state index >= 15 is 0 Å². The molecule has 2 aromatic carbocycles. The predicted molar refractivity (Wildman–Crippen MR) is 108 cm³/mol. The second kappa shape index (κ2) is 9.00. The maximum atomic E-state index is 6.13. The molecular formula is C18H16Cl3N3OS. The van der Waals surface area contributed by atoms with Gasteiger partial charge in [0.1, 0.15) is 12.4 Å². The van der Waals surface area contributed by atoms with Crippen LogP contribution in [0.15, 0.2) is 47.6 Å². The van der Waals surface area contributed by atoms with Crippen LogP contribution in [0.25, 0.3) is 0 Å². The van der Waals surface area contributed by atoms with Gasteiger partial charge in [-0.15, -0.1) is 10.2 Å². The molecule has 0 fully saturated rings. The number of hydrogen-bond acceptors (Lipinski definition) is 4. The molecule has 3 aromatic rings. The van der Waals surface area contributed by atoms with Gasteiger partial charge in [0.05, 0.1) is 5.02 Å². The molecule has 0 aliphatic heterocycles. The minimum atomic E-state index is 0.266. The summed E-state index contributed by atoms with van der Waals surface area (Å²) in [6, 6.07) is 12.9. The van der Waals surface area contributed by atoms with Gasteiger partial charge in [0.15, 0.2) is 11.0 Å². The first-order valence-corrected chi connectivity index (χ1v) is 10.1. The Morgan fingerprint density at radius 3 is 2.46 bits per heavy atom. The third-order valence-electron chi connectivity index (χ3n) is 3.64. The highest BCUT2D eigenvalue weighted by Gasteiger charge is 2.13. The number of aromatic nitrogens is 3. The molecule has 0 atom stereocenters. The average molecular weight is 429 g/mol. The molecule has 0 bridgehead atoms. The van der Waals surface area contributed by atoms with E-state index in [4.69, 9.17) is 39.5 Å². The van der Waals surface area contributed by atoms with Crippen LogP contribution < -0.4 is 4.74 Å². The second-order valence-electron chi connectivity index (χ2n) is 5.42. The summed E-state index contributed by atoms with van der Waals surface area (Å²) in [6.07, 6.45) is 0. The van der Waals surface area contributed by atoms with Gasteiger partial charge in [0.25, 0.3) is 0 Å². The fourth-order valence-electron chi connectivity index (χ4n) is 2.31. The van der Waals surface area contributed by atoms with Gasteiger partial charge in [-0.2, -0.15) is 0 Å². The van der Waals surface area contributed by atoms with Gasteiger partial charge in [-0.25, -0.2) is 0 Å². The molecule has 3 rings (SSSR count). The minimum absolute atomic E-state index is 0.266. The quantitative estimate of drug-likeness (QED) is 0.424. The number of hydrogen-bond donors (Lipinski definition) is 0. The molecule has 0 saturated heterocycles. The molecule has 0 radical (unpaired) electrons. The molecule has 0 N–H and O–H groups in total. The van der Waals surface area contributed by atoms with Crippen LogP contribution in [0.2, 0.25) is 15.1 Å². The molecule has 0 spiro atoms. The third kappa shape index (κ3) is 4.86. The lowest BCUT2D eigenvalue weighted by Gasteiger charge is -2.10. The molecule has 0 amide bonds. The summed E-state index contributed by atoms with van der Waals surface area (Å²) in [5, 5.41) is 11.2. The van der Waals surface area contributed by atoms with E-state index in [-0.39, 0.29) is 6.61 Å². The minimum Gasteiger partial charge on any atom is -0.484 e. The zero-order valence-electron chi connectivity index (χ0n) is 14.0. The van der Waals surface area contributed by atoms with Crippen LogP contribution >= 0.6 is 46.6 Å². The van der Waals surface area contributed by atoms with Gasteiger partial charge >= 0.3 is 0 Å². The first-order chi connectivity index (χ1) is 12.6. The highest BCUT2D eigenvalue weighted by atomic mass is 35.5. The van der Waals surface area contributed by atoms with Gasteiger partial charge in [-0.3, -0.25) is 0 Å². The van der Waals surface area contributed by atoms with Crippen molar-refractivity contribution in [1.29, 1.82) is 0 Å². The summed E-state index contributed by atoms with van der Waals surface area (Å²) in [7, 11) is 0. The summed E-state index contributed by atoms with van der Waals surface area (Å²) in [4.78, 5) is 0. The molecule has 1 heterocycles. The highest BCUT2D eigenvalue weighted by molar-refractivity contribution is 7.98. The van der Waals surface area contributed by atoms with Crippen LogP contribution in [0, 0.1) is 0 Å². The van der Waals surface area contributed by atoms with Crippen molar-refractivity contribution in [3.05, 3.63) is 68.9 Å². The van der Waals surface area contributed by atoms with E-state index in [2.05, 4.69) is 10.2 Å². The molecule has 8 heteroatoms. The Bertz CT molecular complexity index is 884. The summed E-state index contributed by atoms with van der Waals surface area (Å²) < 4.78 is 7.80. The Labute approximate surface area is 171 Å². The second-order valence-corrected chi connectivity index (χ2v) is 7.64. The van der Waals surface area contributed by atoms with Gasteiger partial charge in [-0.1, -0.05) is 58.7 Å². The number of halogens is 3. The SMILES string of the molecule is CCn1c(COc2cc(Cl)ccc2Cl)nnc1SCc1ccc(Cl)cc1. The lowest BCUT2D eigenvalue weighted by atomic mass is 10.2. The fourth-order valence-corrected chi connectivity index (χ4v) is 3.75. The summed E-state index contributed by atoms with van der Waals surface area (Å²) in [5.74, 6) is 2.05. The average Bonchev–Trinajstić information content (AvgIpc) is 3.04. The third-order valence-corrected chi connectivity index (χ3v) is 5.48. The van der Waals surface area contributed by atoms with E-state index in [0.29, 0.717) is 15.8 Å². The van der Waals surface area contributed by atoms with Crippen molar-refractivity contribution in [3.8, 4) is 5.75 Å². The van der Waals surface area contributed by atoms with Crippen molar-refractivity contribution in [2.24, 2.45) is 0 Å². The highest BCUT2D eigenvalue weighted by Crippen LogP contribution is 2.29. The van der Waals surface area contributed by atoms with Gasteiger partial charge in [0.2, 0.25) is 0 Å². The van der Waals surface area contributed by atoms with Crippen molar-refractivity contribution in [2.75, 3.05) is 0 Å². The molecular weight excluding hydrogens is 413 g/mol. The zero-order valence-corrected chi connectivity index (χ0v) is 17.0. The van der Waals surface area contributed by atoms with Gasteiger partial charge in [0, 0.05) is 28.4 Å². The van der Waals surface area contributed by atoms with Crippen molar-refractivity contribution < 1.29 is 4.74 Å². The van der Waals surface area contributed by atoms with Crippen LogP contribution in [0.1, 0.15) is 18.3 Å². The topological polar surface area (TPSA) is 39.9 Å². The Hall–Kier alpha value is -1.40. The lowest BCUT2D eigenvalue weighted by Crippen LogP contribution is -2.07. The number of nitrogens with zero attached hydrogens (tertiary/aromatic N) is 3. The van der Waals surface area contributed by atoms with Crippen molar-refractivity contribution in [1.82, 2.24) is 14.8 Å². The van der Waals surface area contributed by atoms with Crippen LogP contribution in [0.4, 0.5) is 0 Å². The number of ether oxygens (including phenoxy) is 1. The Morgan fingerprint density at radius 2 is 1.73 bits per heavy atom. The first kappa shape index (κ1) is 19.4. The van der Waals surface area contributed by atoms with E-state index in [0.717, 1.165) is 28.3 Å². The molecule has 4 nitrogen and oxygen atoms in total. The monoisotopic (exact) mass is 427 g/mol. The van der Waals surface area contributed by atoms with Gasteiger partial charge in [-0.05, 0) is 36.8 Å². The van der Waals surface area contributed by atoms with E-state index in [1.807, 2.05) is 35.8 Å². The van der Waals surface area contributed by atoms with Crippen molar-refractivity contribution >= 4 is 46.6 Å². The van der Waals surface area contributed by atoms with E-state index < -0.39 is 0 Å².